The van der Waals surface area contributed by atoms with Crippen LogP contribution in [-0.4, -0.2) is 33.9 Å². The van der Waals surface area contributed by atoms with Crippen LogP contribution in [0.3, 0.4) is 0 Å². The third-order valence-electron chi connectivity index (χ3n) is 1.30. The Hall–Kier alpha value is 0.460. The monoisotopic (exact) mass is 404 g/mol. The Morgan fingerprint density at radius 1 is 0.700 bits per heavy atom. The highest BCUT2D eigenvalue weighted by Gasteiger charge is 2.61. The first-order chi connectivity index (χ1) is 8.39. The minimum absolute atomic E-state index is 3.49. The largest absolute Gasteiger partial charge is 0.427 e. The fourth-order valence-electron chi connectivity index (χ4n) is 0.247. The first-order valence-electron chi connectivity index (χ1n) is 3.84. The summed E-state index contributed by atoms with van der Waals surface area (Å²) in [6, 6.07) is 0. The van der Waals surface area contributed by atoms with Crippen molar-refractivity contribution in [3.05, 3.63) is 0 Å². The van der Waals surface area contributed by atoms with Crippen molar-refractivity contribution in [3.8, 4) is 0 Å². The van der Waals surface area contributed by atoms with E-state index in [1.807, 2.05) is 0 Å². The van der Waals surface area contributed by atoms with Gasteiger partial charge < -0.3 is 0 Å². The summed E-state index contributed by atoms with van der Waals surface area (Å²) in [5.74, 6) is -5.03. The van der Waals surface area contributed by atoms with Crippen LogP contribution >= 0.6 is 46.4 Å². The van der Waals surface area contributed by atoms with Crippen LogP contribution in [0.25, 0.3) is 0 Å². The molecular weight excluding hydrogens is 404 g/mol. The minimum Gasteiger partial charge on any atom is -0.223 e. The van der Waals surface area contributed by atoms with Gasteiger partial charge in [-0.1, -0.05) is 34.8 Å². The average Bonchev–Trinajstić information content (AvgIpc) is 2.14. The molecule has 0 radical (unpaired) electrons. The molecule has 0 aromatic heterocycles. The van der Waals surface area contributed by atoms with Gasteiger partial charge in [0, 0.05) is 0 Å². The van der Waals surface area contributed by atoms with Crippen molar-refractivity contribution in [1.82, 2.24) is 0 Å². The van der Waals surface area contributed by atoms with E-state index in [2.05, 4.69) is 46.4 Å². The molecule has 124 valence electrons. The van der Waals surface area contributed by atoms with Gasteiger partial charge in [0.15, 0.2) is 0 Å². The van der Waals surface area contributed by atoms with Crippen LogP contribution in [0.1, 0.15) is 0 Å². The van der Waals surface area contributed by atoms with Crippen molar-refractivity contribution < 1.29 is 43.9 Å². The van der Waals surface area contributed by atoms with Crippen LogP contribution in [0.4, 0.5) is 43.9 Å². The first kappa shape index (κ1) is 22.7. The molecule has 1 atom stereocenters. The van der Waals surface area contributed by atoms with E-state index in [9.17, 15) is 43.9 Å². The second kappa shape index (κ2) is 7.15. The Morgan fingerprint density at radius 2 is 1.00 bits per heavy atom. The van der Waals surface area contributed by atoms with Gasteiger partial charge in [-0.25, -0.2) is 13.2 Å². The molecule has 0 aliphatic rings. The van der Waals surface area contributed by atoms with Crippen molar-refractivity contribution >= 4 is 46.4 Å². The van der Waals surface area contributed by atoms with E-state index < -0.39 is 33.9 Å². The Morgan fingerprint density at radius 3 is 1.00 bits per heavy atom. The number of hydrogen-bond acceptors (Lipinski definition) is 0. The van der Waals surface area contributed by atoms with E-state index in [-0.39, 0.29) is 0 Å². The highest BCUT2D eigenvalue weighted by molar-refractivity contribution is 6.49. The lowest BCUT2D eigenvalue weighted by atomic mass is 10.4. The zero-order chi connectivity index (χ0) is 17.2. The van der Waals surface area contributed by atoms with Crippen molar-refractivity contribution in [2.75, 3.05) is 0 Å². The molecule has 20 heavy (non-hydrogen) atoms. The van der Waals surface area contributed by atoms with E-state index in [0.717, 1.165) is 0 Å². The van der Waals surface area contributed by atoms with Crippen LogP contribution in [0.2, 0.25) is 0 Å². The Labute approximate surface area is 124 Å². The highest BCUT2D eigenvalue weighted by atomic mass is 35.5. The maximum absolute atomic E-state index is 11.7. The normalized spacial score (nSPS) is 15.8. The molecule has 0 aromatic rings. The third kappa shape index (κ3) is 6.07. The zero-order valence-corrected chi connectivity index (χ0v) is 11.5. The second-order valence-electron chi connectivity index (χ2n) is 2.84. The molecule has 0 bridgehead atoms. The molecular formula is C6H2Cl4F10. The van der Waals surface area contributed by atoms with Crippen molar-refractivity contribution in [3.63, 3.8) is 0 Å². The van der Waals surface area contributed by atoms with Gasteiger partial charge in [0.25, 0.3) is 10.8 Å². The maximum Gasteiger partial charge on any atom is 0.427 e. The third-order valence-corrected chi connectivity index (χ3v) is 2.59. The molecule has 14 heteroatoms. The fraction of sp³-hybridized carbons (Fsp3) is 1.00. The van der Waals surface area contributed by atoms with Crippen LogP contribution in [0.5, 0.6) is 0 Å². The molecule has 0 fully saturated rings. The zero-order valence-electron chi connectivity index (χ0n) is 8.45. The smallest absolute Gasteiger partial charge is 0.223 e. The average molecular weight is 406 g/mol. The lowest BCUT2D eigenvalue weighted by Crippen LogP contribution is -2.41. The quantitative estimate of drug-likeness (QED) is 0.400. The number of rotatable bonds is 3. The summed E-state index contributed by atoms with van der Waals surface area (Å²) in [6.07, 6.45) is -9.14. The molecule has 0 nitrogen and oxygen atoms in total. The summed E-state index contributed by atoms with van der Waals surface area (Å²) in [6.45, 7) is 0. The summed E-state index contributed by atoms with van der Waals surface area (Å²) in [5, 5.41) is -4.95. The number of hydrogen-bond donors (Lipinski definition) is 0. The topological polar surface area (TPSA) is 0 Å². The molecule has 0 rings (SSSR count). The summed E-state index contributed by atoms with van der Waals surface area (Å²) in [4.78, 5) is 0. The highest BCUT2D eigenvalue weighted by Crippen LogP contribution is 2.44. The predicted molar refractivity (Wildman–Crippen MR) is 53.0 cm³/mol. The molecule has 0 saturated carbocycles. The van der Waals surface area contributed by atoms with E-state index in [1.54, 1.807) is 0 Å². The molecule has 0 N–H and O–H groups in total. The second-order valence-corrected chi connectivity index (χ2v) is 5.09. The van der Waals surface area contributed by atoms with E-state index in [4.69, 9.17) is 0 Å². The molecule has 0 aliphatic carbocycles. The van der Waals surface area contributed by atoms with Gasteiger partial charge in [0.05, 0.1) is 0 Å². The summed E-state index contributed by atoms with van der Waals surface area (Å²) in [7, 11) is 0. The molecule has 0 spiro atoms. The van der Waals surface area contributed by atoms with Gasteiger partial charge in [0.2, 0.25) is 5.63 Å². The molecule has 0 aliphatic heterocycles. The summed E-state index contributed by atoms with van der Waals surface area (Å²) < 4.78 is 110. The predicted octanol–water partition coefficient (Wildman–Crippen LogP) is 5.98. The van der Waals surface area contributed by atoms with Crippen molar-refractivity contribution in [1.29, 1.82) is 0 Å². The van der Waals surface area contributed by atoms with Gasteiger partial charge in [-0.15, -0.1) is 0 Å². The Bertz CT molecular complexity index is 263. The van der Waals surface area contributed by atoms with Crippen LogP contribution < -0.4 is 0 Å². The Kier molecular flexibility index (Phi) is 8.13. The molecule has 0 amide bonds. The lowest BCUT2D eigenvalue weighted by molar-refractivity contribution is -0.176. The molecule has 1 unspecified atom stereocenters. The van der Waals surface area contributed by atoms with Gasteiger partial charge >= 0.3 is 17.5 Å². The van der Waals surface area contributed by atoms with E-state index >= 15 is 0 Å². The van der Waals surface area contributed by atoms with E-state index in [1.165, 1.54) is 0 Å². The maximum atomic E-state index is 11.7. The molecule has 0 aromatic carbocycles. The number of alkyl halides is 14. The molecule has 0 heterocycles. The summed E-state index contributed by atoms with van der Waals surface area (Å²) in [5.41, 5.74) is -3.49. The number of halogens is 14. The van der Waals surface area contributed by atoms with Gasteiger partial charge in [-0.3, -0.25) is 0 Å². The first-order valence-corrected chi connectivity index (χ1v) is 5.41. The standard InChI is InChI=1S/2C3HCl2F5/c4-2(5,1(6)7)3(8,9)10;4-1(6)2(7,8)3(5,9)10/h2*1H. The van der Waals surface area contributed by atoms with Crippen molar-refractivity contribution in [2.45, 2.75) is 33.9 Å². The fourth-order valence-corrected chi connectivity index (χ4v) is 0.536. The van der Waals surface area contributed by atoms with Crippen LogP contribution in [0, 0.1) is 0 Å². The van der Waals surface area contributed by atoms with Crippen LogP contribution in [0.15, 0.2) is 0 Å². The van der Waals surface area contributed by atoms with E-state index in [0.29, 0.717) is 0 Å². The SMILES string of the molecule is FC(Cl)C(F)(F)C(F)(F)Cl.FC(F)C(Cl)(Cl)C(F)(F)F. The Balaban J connectivity index is 0. The van der Waals surface area contributed by atoms with Gasteiger partial charge in [-0.05, 0) is 11.6 Å². The van der Waals surface area contributed by atoms with Crippen LogP contribution in [-0.2, 0) is 0 Å². The van der Waals surface area contributed by atoms with Gasteiger partial charge in [0.1, 0.15) is 0 Å². The lowest BCUT2D eigenvalue weighted by Gasteiger charge is -2.20. The molecule has 0 saturated heterocycles. The summed E-state index contributed by atoms with van der Waals surface area (Å²) >= 11 is 16.4. The minimum atomic E-state index is -5.30. The van der Waals surface area contributed by atoms with Gasteiger partial charge in [-0.2, -0.15) is 30.7 Å². The van der Waals surface area contributed by atoms with Crippen molar-refractivity contribution in [2.24, 2.45) is 0 Å².